The molecule has 0 spiro atoms. The van der Waals surface area contributed by atoms with Crippen LogP contribution >= 0.6 is 11.6 Å². The molecule has 0 heterocycles. The Morgan fingerprint density at radius 1 is 1.15 bits per heavy atom. The molecule has 0 fully saturated rings. The lowest BCUT2D eigenvalue weighted by molar-refractivity contribution is 0.551. The highest BCUT2D eigenvalue weighted by Gasteiger charge is 2.13. The maximum absolute atomic E-state index is 6.47. The van der Waals surface area contributed by atoms with Gasteiger partial charge in [-0.2, -0.15) is 0 Å². The fraction of sp³-hybridized carbons (Fsp3) is 0.647. The van der Waals surface area contributed by atoms with Crippen LogP contribution in [-0.2, 0) is 6.54 Å². The lowest BCUT2D eigenvalue weighted by atomic mass is 10.1. The van der Waals surface area contributed by atoms with Crippen LogP contribution < -0.4 is 10.2 Å². The quantitative estimate of drug-likeness (QED) is 0.710. The van der Waals surface area contributed by atoms with E-state index in [0.717, 1.165) is 44.0 Å². The minimum Gasteiger partial charge on any atom is -0.370 e. The van der Waals surface area contributed by atoms with Crippen molar-refractivity contribution in [3.63, 3.8) is 0 Å². The number of hydrogen-bond acceptors (Lipinski definition) is 2. The van der Waals surface area contributed by atoms with Gasteiger partial charge in [-0.3, -0.25) is 0 Å². The van der Waals surface area contributed by atoms with E-state index in [1.807, 2.05) is 12.1 Å². The summed E-state index contributed by atoms with van der Waals surface area (Å²) in [5, 5.41) is 4.39. The Bertz CT molecular complexity index is 385. The summed E-state index contributed by atoms with van der Waals surface area (Å²) in [5.41, 5.74) is 2.52. The Hall–Kier alpha value is -0.730. The van der Waals surface area contributed by atoms with Crippen molar-refractivity contribution in [3.05, 3.63) is 28.8 Å². The van der Waals surface area contributed by atoms with Gasteiger partial charge in [0.1, 0.15) is 0 Å². The third-order valence-electron chi connectivity index (χ3n) is 3.24. The molecule has 2 nitrogen and oxygen atoms in total. The Labute approximate surface area is 129 Å². The zero-order valence-corrected chi connectivity index (χ0v) is 14.1. The molecule has 0 saturated heterocycles. The molecule has 0 aromatic heterocycles. The molecule has 114 valence electrons. The summed E-state index contributed by atoms with van der Waals surface area (Å²) in [6.45, 7) is 12.9. The molecule has 20 heavy (non-hydrogen) atoms. The van der Waals surface area contributed by atoms with Crippen LogP contribution in [0, 0.1) is 5.92 Å². The fourth-order valence-electron chi connectivity index (χ4n) is 2.43. The molecule has 0 unspecified atom stereocenters. The molecule has 1 rings (SSSR count). The maximum Gasteiger partial charge on any atom is 0.0642 e. The Morgan fingerprint density at radius 2 is 1.80 bits per heavy atom. The number of para-hydroxylation sites is 1. The molecule has 0 radical (unpaired) electrons. The maximum atomic E-state index is 6.47. The summed E-state index contributed by atoms with van der Waals surface area (Å²) in [6.07, 6.45) is 2.29. The summed E-state index contributed by atoms with van der Waals surface area (Å²) >= 11 is 6.47. The monoisotopic (exact) mass is 296 g/mol. The molecule has 3 heteroatoms. The van der Waals surface area contributed by atoms with Gasteiger partial charge in [-0.15, -0.1) is 0 Å². The summed E-state index contributed by atoms with van der Waals surface area (Å²) in [4.78, 5) is 2.43. The van der Waals surface area contributed by atoms with Gasteiger partial charge in [0.05, 0.1) is 10.7 Å². The van der Waals surface area contributed by atoms with Crippen molar-refractivity contribution in [3.8, 4) is 0 Å². The topological polar surface area (TPSA) is 15.3 Å². The average molecular weight is 297 g/mol. The van der Waals surface area contributed by atoms with Crippen LogP contribution in [0.5, 0.6) is 0 Å². The predicted octanol–water partition coefficient (Wildman–Crippen LogP) is 4.71. The second-order valence-electron chi connectivity index (χ2n) is 5.76. The fourth-order valence-corrected chi connectivity index (χ4v) is 2.74. The van der Waals surface area contributed by atoms with Gasteiger partial charge in [0.2, 0.25) is 0 Å². The molecule has 1 aromatic rings. The van der Waals surface area contributed by atoms with Crippen molar-refractivity contribution in [2.24, 2.45) is 5.92 Å². The van der Waals surface area contributed by atoms with Crippen molar-refractivity contribution < 1.29 is 0 Å². The number of anilines is 1. The first-order chi connectivity index (χ1) is 9.60. The summed E-state index contributed by atoms with van der Waals surface area (Å²) in [6, 6.07) is 6.24. The van der Waals surface area contributed by atoms with Crippen molar-refractivity contribution in [1.29, 1.82) is 0 Å². The minimum atomic E-state index is 0.667. The standard InChI is InChI=1S/C17H29ClN2/c1-5-10-20(11-6-2)17-15(8-7-9-16(17)18)13-19-12-14(3)4/h7-9,14,19H,5-6,10-13H2,1-4H3. The van der Waals surface area contributed by atoms with Crippen LogP contribution in [-0.4, -0.2) is 19.6 Å². The van der Waals surface area contributed by atoms with E-state index in [2.05, 4.69) is 44.0 Å². The van der Waals surface area contributed by atoms with Gasteiger partial charge in [-0.05, 0) is 36.9 Å². The van der Waals surface area contributed by atoms with Crippen molar-refractivity contribution in [1.82, 2.24) is 5.32 Å². The molecule has 0 aliphatic heterocycles. The van der Waals surface area contributed by atoms with E-state index < -0.39 is 0 Å². The highest BCUT2D eigenvalue weighted by molar-refractivity contribution is 6.33. The molecule has 1 N–H and O–H groups in total. The van der Waals surface area contributed by atoms with E-state index in [1.165, 1.54) is 11.3 Å². The van der Waals surface area contributed by atoms with E-state index >= 15 is 0 Å². The predicted molar refractivity (Wildman–Crippen MR) is 90.8 cm³/mol. The van der Waals surface area contributed by atoms with Crippen LogP contribution in [0.25, 0.3) is 0 Å². The van der Waals surface area contributed by atoms with Gasteiger partial charge in [-0.1, -0.05) is 51.4 Å². The number of halogens is 1. The zero-order chi connectivity index (χ0) is 15.0. The molecule has 0 aliphatic rings. The lowest BCUT2D eigenvalue weighted by Crippen LogP contribution is -2.28. The minimum absolute atomic E-state index is 0.667. The van der Waals surface area contributed by atoms with Crippen LogP contribution in [0.3, 0.4) is 0 Å². The second kappa shape index (κ2) is 9.25. The van der Waals surface area contributed by atoms with Gasteiger partial charge in [0, 0.05) is 19.6 Å². The first-order valence-electron chi connectivity index (χ1n) is 7.83. The van der Waals surface area contributed by atoms with E-state index in [0.29, 0.717) is 5.92 Å². The Balaban J connectivity index is 2.90. The zero-order valence-electron chi connectivity index (χ0n) is 13.4. The number of hydrogen-bond donors (Lipinski definition) is 1. The van der Waals surface area contributed by atoms with Crippen LogP contribution in [0.2, 0.25) is 5.02 Å². The molecule has 0 amide bonds. The number of rotatable bonds is 9. The Morgan fingerprint density at radius 3 is 2.35 bits per heavy atom. The molecule has 1 aromatic carbocycles. The highest BCUT2D eigenvalue weighted by Crippen LogP contribution is 2.30. The summed E-state index contributed by atoms with van der Waals surface area (Å²) in [5.74, 6) is 0.667. The first-order valence-corrected chi connectivity index (χ1v) is 8.20. The normalized spacial score (nSPS) is 11.1. The van der Waals surface area contributed by atoms with Gasteiger partial charge in [0.25, 0.3) is 0 Å². The number of nitrogens with zero attached hydrogens (tertiary/aromatic N) is 1. The SMILES string of the molecule is CCCN(CCC)c1c(Cl)cccc1CNCC(C)C. The first kappa shape index (κ1) is 17.3. The van der Waals surface area contributed by atoms with Crippen LogP contribution in [0.15, 0.2) is 18.2 Å². The molecule has 0 bridgehead atoms. The van der Waals surface area contributed by atoms with Gasteiger partial charge >= 0.3 is 0 Å². The van der Waals surface area contributed by atoms with E-state index in [1.54, 1.807) is 0 Å². The largest absolute Gasteiger partial charge is 0.370 e. The van der Waals surface area contributed by atoms with Crippen LogP contribution in [0.4, 0.5) is 5.69 Å². The molecule has 0 atom stereocenters. The molecular formula is C17H29ClN2. The highest BCUT2D eigenvalue weighted by atomic mass is 35.5. The molecule has 0 saturated carbocycles. The van der Waals surface area contributed by atoms with Crippen molar-refractivity contribution in [2.45, 2.75) is 47.1 Å². The number of benzene rings is 1. The van der Waals surface area contributed by atoms with E-state index in [-0.39, 0.29) is 0 Å². The van der Waals surface area contributed by atoms with Crippen molar-refractivity contribution in [2.75, 3.05) is 24.5 Å². The number of nitrogens with one attached hydrogen (secondary N) is 1. The van der Waals surface area contributed by atoms with Crippen LogP contribution in [0.1, 0.15) is 46.1 Å². The van der Waals surface area contributed by atoms with Gasteiger partial charge in [-0.25, -0.2) is 0 Å². The van der Waals surface area contributed by atoms with Gasteiger partial charge < -0.3 is 10.2 Å². The molecular weight excluding hydrogens is 268 g/mol. The summed E-state index contributed by atoms with van der Waals surface area (Å²) < 4.78 is 0. The van der Waals surface area contributed by atoms with E-state index in [4.69, 9.17) is 11.6 Å². The average Bonchev–Trinajstić information content (AvgIpc) is 2.38. The third-order valence-corrected chi connectivity index (χ3v) is 3.55. The molecule has 0 aliphatic carbocycles. The smallest absolute Gasteiger partial charge is 0.0642 e. The Kier molecular flexibility index (Phi) is 8.01. The van der Waals surface area contributed by atoms with Gasteiger partial charge in [0.15, 0.2) is 0 Å². The second-order valence-corrected chi connectivity index (χ2v) is 6.17. The van der Waals surface area contributed by atoms with E-state index in [9.17, 15) is 0 Å². The summed E-state index contributed by atoms with van der Waals surface area (Å²) in [7, 11) is 0. The third kappa shape index (κ3) is 5.34. The lowest BCUT2D eigenvalue weighted by Gasteiger charge is -2.27. The van der Waals surface area contributed by atoms with Crippen molar-refractivity contribution >= 4 is 17.3 Å².